The van der Waals surface area contributed by atoms with E-state index in [9.17, 15) is 15.0 Å². The second-order valence-electron chi connectivity index (χ2n) is 5.76. The van der Waals surface area contributed by atoms with Crippen molar-refractivity contribution in [3.05, 3.63) is 46.2 Å². The summed E-state index contributed by atoms with van der Waals surface area (Å²) in [4.78, 5) is 16.6. The van der Waals surface area contributed by atoms with Gasteiger partial charge in [-0.2, -0.15) is 11.3 Å². The summed E-state index contributed by atoms with van der Waals surface area (Å²) in [5.41, 5.74) is 1.55. The first-order chi connectivity index (χ1) is 11.1. The lowest BCUT2D eigenvalue weighted by molar-refractivity contribution is 0.0579. The Balaban J connectivity index is 1.63. The minimum absolute atomic E-state index is 0.0477. The van der Waals surface area contributed by atoms with Crippen LogP contribution in [-0.2, 0) is 0 Å². The van der Waals surface area contributed by atoms with E-state index in [2.05, 4.69) is 28.7 Å². The topological polar surface area (TPSA) is 64.0 Å². The fraction of sp³-hybridized carbons (Fsp3) is 0.353. The van der Waals surface area contributed by atoms with Crippen LogP contribution >= 0.6 is 11.3 Å². The Kier molecular flexibility index (Phi) is 4.54. The van der Waals surface area contributed by atoms with Crippen molar-refractivity contribution >= 4 is 17.2 Å². The molecule has 0 unspecified atom stereocenters. The van der Waals surface area contributed by atoms with Crippen LogP contribution in [0.4, 0.5) is 0 Å². The van der Waals surface area contributed by atoms with Crippen LogP contribution in [-0.4, -0.2) is 52.1 Å². The van der Waals surface area contributed by atoms with E-state index in [1.165, 1.54) is 23.8 Å². The molecule has 3 rings (SSSR count). The molecule has 1 aliphatic heterocycles. The number of thiophene rings is 1. The van der Waals surface area contributed by atoms with Gasteiger partial charge in [0.1, 0.15) is 11.5 Å². The zero-order valence-corrected chi connectivity index (χ0v) is 13.8. The Bertz CT molecular complexity index is 679. The number of hydrogen-bond donors (Lipinski definition) is 2. The van der Waals surface area contributed by atoms with E-state index in [0.717, 1.165) is 13.1 Å². The smallest absolute Gasteiger partial charge is 0.257 e. The van der Waals surface area contributed by atoms with E-state index < -0.39 is 0 Å². The van der Waals surface area contributed by atoms with Crippen molar-refractivity contribution < 1.29 is 15.0 Å². The third-order valence-electron chi connectivity index (χ3n) is 4.39. The number of carbonyl (C=O) groups is 1. The summed E-state index contributed by atoms with van der Waals surface area (Å²) in [7, 11) is 0. The van der Waals surface area contributed by atoms with Crippen molar-refractivity contribution in [2.24, 2.45) is 0 Å². The largest absolute Gasteiger partial charge is 0.508 e. The van der Waals surface area contributed by atoms with Gasteiger partial charge in [-0.3, -0.25) is 9.69 Å². The molecule has 1 amide bonds. The molecule has 23 heavy (non-hydrogen) atoms. The highest BCUT2D eigenvalue weighted by atomic mass is 32.1. The Morgan fingerprint density at radius 1 is 1.17 bits per heavy atom. The van der Waals surface area contributed by atoms with Gasteiger partial charge in [0.2, 0.25) is 0 Å². The number of phenolic OH excluding ortho intramolecular Hbond substituents is 2. The summed E-state index contributed by atoms with van der Waals surface area (Å²) < 4.78 is 0. The molecule has 1 saturated heterocycles. The van der Waals surface area contributed by atoms with Crippen LogP contribution in [0.3, 0.4) is 0 Å². The lowest BCUT2D eigenvalue weighted by atomic mass is 10.1. The number of amides is 1. The minimum atomic E-state index is -0.190. The van der Waals surface area contributed by atoms with Gasteiger partial charge in [0.15, 0.2) is 0 Å². The summed E-state index contributed by atoms with van der Waals surface area (Å²) in [6.07, 6.45) is 0. The number of rotatable bonds is 3. The molecule has 1 fully saturated rings. The lowest BCUT2D eigenvalue weighted by Crippen LogP contribution is -2.49. The quantitative estimate of drug-likeness (QED) is 0.907. The van der Waals surface area contributed by atoms with E-state index in [-0.39, 0.29) is 23.0 Å². The number of benzene rings is 1. The van der Waals surface area contributed by atoms with E-state index in [1.807, 2.05) is 0 Å². The van der Waals surface area contributed by atoms with Gasteiger partial charge in [-0.05, 0) is 41.4 Å². The van der Waals surface area contributed by atoms with Crippen molar-refractivity contribution in [2.45, 2.75) is 13.0 Å². The van der Waals surface area contributed by atoms with E-state index in [1.54, 1.807) is 16.2 Å². The fourth-order valence-corrected chi connectivity index (χ4v) is 3.65. The summed E-state index contributed by atoms with van der Waals surface area (Å²) in [6.45, 7) is 5.07. The zero-order chi connectivity index (χ0) is 16.4. The normalized spacial score (nSPS) is 17.2. The van der Waals surface area contributed by atoms with E-state index in [0.29, 0.717) is 19.1 Å². The minimum Gasteiger partial charge on any atom is -0.508 e. The fourth-order valence-electron chi connectivity index (χ4n) is 2.91. The molecule has 1 atom stereocenters. The zero-order valence-electron chi connectivity index (χ0n) is 13.0. The third-order valence-corrected chi connectivity index (χ3v) is 5.09. The molecule has 5 nitrogen and oxygen atoms in total. The monoisotopic (exact) mass is 332 g/mol. The molecule has 2 aromatic rings. The number of phenols is 2. The third kappa shape index (κ3) is 3.33. The van der Waals surface area contributed by atoms with Crippen molar-refractivity contribution in [1.29, 1.82) is 0 Å². The average Bonchev–Trinajstić information content (AvgIpc) is 3.08. The predicted molar refractivity (Wildman–Crippen MR) is 90.0 cm³/mol. The molecule has 1 aromatic carbocycles. The number of piperazine rings is 1. The van der Waals surface area contributed by atoms with Crippen molar-refractivity contribution in [3.63, 3.8) is 0 Å². The van der Waals surface area contributed by atoms with Crippen molar-refractivity contribution in [2.75, 3.05) is 26.2 Å². The van der Waals surface area contributed by atoms with Crippen LogP contribution in [0.1, 0.15) is 28.9 Å². The van der Waals surface area contributed by atoms with E-state index in [4.69, 9.17) is 0 Å². The van der Waals surface area contributed by atoms with Gasteiger partial charge >= 0.3 is 0 Å². The molecule has 0 saturated carbocycles. The molecule has 1 aliphatic rings. The van der Waals surface area contributed by atoms with Crippen molar-refractivity contribution in [1.82, 2.24) is 9.80 Å². The number of hydrogen-bond acceptors (Lipinski definition) is 5. The summed E-state index contributed by atoms with van der Waals surface area (Å²) in [5.74, 6) is -0.414. The molecule has 2 heterocycles. The first-order valence-corrected chi connectivity index (χ1v) is 8.58. The van der Waals surface area contributed by atoms with Gasteiger partial charge in [0.25, 0.3) is 5.91 Å². The standard InChI is InChI=1S/C17H20N2O3S/c1-12(13-4-9-23-11-13)18-5-7-19(8-6-18)17(22)15-3-2-14(20)10-16(15)21/h2-4,9-12,20-21H,5-8H2,1H3/t12-/m1/s1. The van der Waals surface area contributed by atoms with Crippen LogP contribution in [0.5, 0.6) is 11.5 Å². The second kappa shape index (κ2) is 6.60. The summed E-state index contributed by atoms with van der Waals surface area (Å²) in [5, 5.41) is 23.4. The molecule has 122 valence electrons. The van der Waals surface area contributed by atoms with Gasteiger partial charge in [-0.15, -0.1) is 0 Å². The molecule has 0 aliphatic carbocycles. The van der Waals surface area contributed by atoms with Crippen LogP contribution in [0.25, 0.3) is 0 Å². The highest BCUT2D eigenvalue weighted by molar-refractivity contribution is 7.07. The maximum atomic E-state index is 12.5. The van der Waals surface area contributed by atoms with Crippen LogP contribution < -0.4 is 0 Å². The van der Waals surface area contributed by atoms with Crippen LogP contribution in [0, 0.1) is 0 Å². The summed E-state index contributed by atoms with van der Waals surface area (Å²) in [6, 6.07) is 6.57. The molecule has 0 spiro atoms. The molecule has 1 aromatic heterocycles. The molecule has 6 heteroatoms. The average molecular weight is 332 g/mol. The predicted octanol–water partition coefficient (Wildman–Crippen LogP) is 2.68. The molecule has 2 N–H and O–H groups in total. The number of aromatic hydroxyl groups is 2. The SMILES string of the molecule is C[C@H](c1ccsc1)N1CCN(C(=O)c2ccc(O)cc2O)CC1. The Morgan fingerprint density at radius 3 is 2.52 bits per heavy atom. The first-order valence-electron chi connectivity index (χ1n) is 7.63. The van der Waals surface area contributed by atoms with Gasteiger partial charge < -0.3 is 15.1 Å². The van der Waals surface area contributed by atoms with Crippen LogP contribution in [0.15, 0.2) is 35.0 Å². The Labute approximate surface area is 139 Å². The maximum Gasteiger partial charge on any atom is 0.257 e. The molecular formula is C17H20N2O3S. The van der Waals surface area contributed by atoms with Crippen molar-refractivity contribution in [3.8, 4) is 11.5 Å². The van der Waals surface area contributed by atoms with E-state index >= 15 is 0 Å². The molecule has 0 bridgehead atoms. The highest BCUT2D eigenvalue weighted by Gasteiger charge is 2.26. The molecule has 0 radical (unpaired) electrons. The molecular weight excluding hydrogens is 312 g/mol. The Hall–Kier alpha value is -2.05. The van der Waals surface area contributed by atoms with Gasteiger partial charge in [0, 0.05) is 38.3 Å². The number of nitrogens with zero attached hydrogens (tertiary/aromatic N) is 2. The first kappa shape index (κ1) is 15.8. The number of carbonyl (C=O) groups excluding carboxylic acids is 1. The Morgan fingerprint density at radius 2 is 1.91 bits per heavy atom. The van der Waals surface area contributed by atoms with Gasteiger partial charge in [0.05, 0.1) is 5.56 Å². The summed E-state index contributed by atoms with van der Waals surface area (Å²) >= 11 is 1.70. The second-order valence-corrected chi connectivity index (χ2v) is 6.54. The van der Waals surface area contributed by atoms with Gasteiger partial charge in [-0.1, -0.05) is 0 Å². The van der Waals surface area contributed by atoms with Crippen LogP contribution in [0.2, 0.25) is 0 Å². The maximum absolute atomic E-state index is 12.5. The highest BCUT2D eigenvalue weighted by Crippen LogP contribution is 2.26. The lowest BCUT2D eigenvalue weighted by Gasteiger charge is -2.38. The van der Waals surface area contributed by atoms with Gasteiger partial charge in [-0.25, -0.2) is 0 Å².